The summed E-state index contributed by atoms with van der Waals surface area (Å²) in [6, 6.07) is 2.73. The smallest absolute Gasteiger partial charge is 0.352 e. The molecule has 1 aliphatic rings. The molecule has 25 heavy (non-hydrogen) atoms. The Morgan fingerprint density at radius 3 is 2.68 bits per heavy atom. The second-order valence-electron chi connectivity index (χ2n) is 6.08. The number of nitrogens with one attached hydrogen (secondary N) is 1. The molecule has 0 radical (unpaired) electrons. The number of fused-ring (bicyclic) bond motifs is 1. The van der Waals surface area contributed by atoms with Gasteiger partial charge in [0.1, 0.15) is 17.4 Å². The van der Waals surface area contributed by atoms with Crippen LogP contribution in [-0.2, 0) is 4.79 Å². The summed E-state index contributed by atoms with van der Waals surface area (Å²) in [6.07, 6.45) is -1.55. The molecule has 1 aliphatic heterocycles. The Kier molecular flexibility index (Phi) is 4.40. The number of nitrogens with zero attached hydrogens (tertiary/aromatic N) is 3. The van der Waals surface area contributed by atoms with Crippen LogP contribution in [-0.4, -0.2) is 50.9 Å². The largest absolute Gasteiger partial charge is 0.408 e. The lowest BCUT2D eigenvalue weighted by atomic mass is 9.97. The molecule has 0 aliphatic carbocycles. The number of carbonyl (C=O) groups excluding carboxylic acids is 2. The number of piperidine rings is 1. The van der Waals surface area contributed by atoms with Gasteiger partial charge in [-0.15, -0.1) is 0 Å². The first kappa shape index (κ1) is 17.2. The predicted molar refractivity (Wildman–Crippen MR) is 82.9 cm³/mol. The molecule has 0 saturated carbocycles. The van der Waals surface area contributed by atoms with Gasteiger partial charge in [0.2, 0.25) is 5.91 Å². The number of rotatable bonds is 2. The number of carbonyl (C=O) groups is 2. The fourth-order valence-corrected chi connectivity index (χ4v) is 3.13. The first-order valence-electron chi connectivity index (χ1n) is 7.84. The van der Waals surface area contributed by atoms with Crippen LogP contribution in [0.3, 0.4) is 0 Å². The van der Waals surface area contributed by atoms with Crippen molar-refractivity contribution in [3.05, 3.63) is 36.3 Å². The summed E-state index contributed by atoms with van der Waals surface area (Å²) >= 11 is 0. The number of hydrogen-bond acceptors (Lipinski definition) is 3. The first-order valence-corrected chi connectivity index (χ1v) is 7.84. The van der Waals surface area contributed by atoms with E-state index in [1.54, 1.807) is 28.8 Å². The molecule has 0 spiro atoms. The van der Waals surface area contributed by atoms with Gasteiger partial charge in [0.25, 0.3) is 5.91 Å². The predicted octanol–water partition coefficient (Wildman–Crippen LogP) is 2.01. The highest BCUT2D eigenvalue weighted by molar-refractivity contribution is 5.93. The minimum Gasteiger partial charge on any atom is -0.352 e. The third kappa shape index (κ3) is 3.59. The Bertz CT molecular complexity index is 769. The van der Waals surface area contributed by atoms with Gasteiger partial charge in [-0.25, -0.2) is 4.98 Å². The molecule has 3 rings (SSSR count). The molecule has 2 atom stereocenters. The van der Waals surface area contributed by atoms with Crippen molar-refractivity contribution in [2.75, 3.05) is 6.54 Å². The normalized spacial score (nSPS) is 21.4. The van der Waals surface area contributed by atoms with E-state index in [2.05, 4.69) is 10.3 Å². The fourth-order valence-electron chi connectivity index (χ4n) is 3.13. The van der Waals surface area contributed by atoms with Crippen LogP contribution >= 0.6 is 0 Å². The number of hydrogen-bond donors (Lipinski definition) is 1. The van der Waals surface area contributed by atoms with Gasteiger partial charge in [-0.2, -0.15) is 13.2 Å². The summed E-state index contributed by atoms with van der Waals surface area (Å²) in [5.41, 5.74) is 0.425. The van der Waals surface area contributed by atoms with Gasteiger partial charge in [-0.3, -0.25) is 9.59 Å². The zero-order valence-electron chi connectivity index (χ0n) is 13.5. The number of aromatic nitrogens is 2. The molecule has 0 unspecified atom stereocenters. The highest BCUT2D eigenvalue weighted by Crippen LogP contribution is 2.33. The summed E-state index contributed by atoms with van der Waals surface area (Å²) in [4.78, 5) is 28.8. The van der Waals surface area contributed by atoms with Gasteiger partial charge in [-0.05, 0) is 25.0 Å². The summed E-state index contributed by atoms with van der Waals surface area (Å²) < 4.78 is 41.6. The number of pyridine rings is 1. The summed E-state index contributed by atoms with van der Waals surface area (Å²) in [7, 11) is 0. The monoisotopic (exact) mass is 354 g/mol. The van der Waals surface area contributed by atoms with Crippen molar-refractivity contribution in [1.82, 2.24) is 19.6 Å². The third-order valence-corrected chi connectivity index (χ3v) is 4.21. The van der Waals surface area contributed by atoms with E-state index in [4.69, 9.17) is 0 Å². The minimum absolute atomic E-state index is 0.0519. The summed E-state index contributed by atoms with van der Waals surface area (Å²) in [6.45, 7) is 1.10. The molecule has 2 aromatic rings. The lowest BCUT2D eigenvalue weighted by molar-refractivity contribution is -0.184. The minimum atomic E-state index is -4.53. The van der Waals surface area contributed by atoms with E-state index < -0.39 is 24.2 Å². The van der Waals surface area contributed by atoms with Crippen molar-refractivity contribution in [3.63, 3.8) is 0 Å². The quantitative estimate of drug-likeness (QED) is 0.897. The number of alkyl halides is 3. The highest BCUT2D eigenvalue weighted by Gasteiger charge is 2.48. The average Bonchev–Trinajstić information content (AvgIpc) is 2.96. The molecule has 1 N–H and O–H groups in total. The van der Waals surface area contributed by atoms with E-state index in [1.165, 1.54) is 13.1 Å². The van der Waals surface area contributed by atoms with Crippen molar-refractivity contribution in [3.8, 4) is 0 Å². The molecule has 9 heteroatoms. The zero-order valence-corrected chi connectivity index (χ0v) is 13.5. The van der Waals surface area contributed by atoms with E-state index >= 15 is 0 Å². The second kappa shape index (κ2) is 6.38. The number of likely N-dealkylation sites (tertiary alicyclic amines) is 1. The maximum atomic E-state index is 13.4. The van der Waals surface area contributed by atoms with Crippen molar-refractivity contribution < 1.29 is 22.8 Å². The maximum Gasteiger partial charge on any atom is 0.408 e. The van der Waals surface area contributed by atoms with Crippen LogP contribution in [0.4, 0.5) is 13.2 Å². The molecular formula is C16H17F3N4O2. The number of imidazole rings is 1. The van der Waals surface area contributed by atoms with Crippen molar-refractivity contribution in [2.24, 2.45) is 0 Å². The van der Waals surface area contributed by atoms with E-state index in [0.29, 0.717) is 5.65 Å². The Morgan fingerprint density at radius 1 is 1.28 bits per heavy atom. The molecule has 3 heterocycles. The van der Waals surface area contributed by atoms with Crippen LogP contribution in [0.5, 0.6) is 0 Å². The molecule has 134 valence electrons. The molecule has 0 aromatic carbocycles. The Hall–Kier alpha value is -2.58. The van der Waals surface area contributed by atoms with Crippen molar-refractivity contribution >= 4 is 17.5 Å². The van der Waals surface area contributed by atoms with Crippen LogP contribution in [0.2, 0.25) is 0 Å². The average molecular weight is 354 g/mol. The Balaban J connectivity index is 1.90. The first-order chi connectivity index (χ1) is 11.8. The van der Waals surface area contributed by atoms with Gasteiger partial charge in [-0.1, -0.05) is 6.07 Å². The molecule has 6 nitrogen and oxygen atoms in total. The van der Waals surface area contributed by atoms with Crippen LogP contribution in [0, 0.1) is 0 Å². The highest BCUT2D eigenvalue weighted by atomic mass is 19.4. The fraction of sp³-hybridized carbons (Fsp3) is 0.438. The topological polar surface area (TPSA) is 66.7 Å². The van der Waals surface area contributed by atoms with Gasteiger partial charge >= 0.3 is 6.18 Å². The number of halogens is 3. The lowest BCUT2D eigenvalue weighted by Crippen LogP contribution is -2.58. The van der Waals surface area contributed by atoms with E-state index in [0.717, 1.165) is 4.90 Å². The Morgan fingerprint density at radius 2 is 2.04 bits per heavy atom. The van der Waals surface area contributed by atoms with Gasteiger partial charge in [0.15, 0.2) is 0 Å². The summed E-state index contributed by atoms with van der Waals surface area (Å²) in [5.74, 6) is -1.13. The van der Waals surface area contributed by atoms with Gasteiger partial charge in [0, 0.05) is 31.9 Å². The van der Waals surface area contributed by atoms with Crippen molar-refractivity contribution in [2.45, 2.75) is 38.0 Å². The Labute approximate surface area is 141 Å². The standard InChI is InChI=1S/C16H17F3N4O2/c1-10(24)20-11-5-6-13(16(17,18)19)23(8-11)15(25)12-9-22-7-3-2-4-14(22)21-12/h2-4,7,9,11,13H,5-6,8H2,1H3,(H,20,24)/t11-,13-/m0/s1. The van der Waals surface area contributed by atoms with Gasteiger partial charge in [0.05, 0.1) is 0 Å². The SMILES string of the molecule is CC(=O)N[C@H]1CC[C@@H](C(F)(F)F)N(C(=O)c2cn3ccccc3n2)C1. The summed E-state index contributed by atoms with van der Waals surface area (Å²) in [5, 5.41) is 2.59. The molecule has 2 aromatic heterocycles. The molecular weight excluding hydrogens is 337 g/mol. The van der Waals surface area contributed by atoms with Crippen LogP contribution in [0.15, 0.2) is 30.6 Å². The van der Waals surface area contributed by atoms with E-state index in [9.17, 15) is 22.8 Å². The van der Waals surface area contributed by atoms with Gasteiger partial charge < -0.3 is 14.6 Å². The van der Waals surface area contributed by atoms with E-state index in [-0.39, 0.29) is 31.0 Å². The lowest BCUT2D eigenvalue weighted by Gasteiger charge is -2.40. The maximum absolute atomic E-state index is 13.4. The van der Waals surface area contributed by atoms with E-state index in [1.807, 2.05) is 0 Å². The van der Waals surface area contributed by atoms with Crippen LogP contribution in [0.25, 0.3) is 5.65 Å². The van der Waals surface area contributed by atoms with Crippen LogP contribution < -0.4 is 5.32 Å². The van der Waals surface area contributed by atoms with Crippen LogP contribution in [0.1, 0.15) is 30.3 Å². The molecule has 1 saturated heterocycles. The zero-order chi connectivity index (χ0) is 18.2. The molecule has 1 fully saturated rings. The molecule has 0 bridgehead atoms. The second-order valence-corrected chi connectivity index (χ2v) is 6.08. The number of amides is 2. The molecule has 2 amide bonds. The third-order valence-electron chi connectivity index (χ3n) is 4.21. The van der Waals surface area contributed by atoms with Crippen molar-refractivity contribution in [1.29, 1.82) is 0 Å².